The normalized spacial score (nSPS) is 13.7. The number of benzene rings is 1. The van der Waals surface area contributed by atoms with Crippen molar-refractivity contribution >= 4 is 42.7 Å². The van der Waals surface area contributed by atoms with E-state index in [0.717, 1.165) is 12.1 Å². The van der Waals surface area contributed by atoms with Crippen LogP contribution in [-0.4, -0.2) is 52.7 Å². The van der Waals surface area contributed by atoms with Gasteiger partial charge < -0.3 is 4.74 Å². The first kappa shape index (κ1) is 17.6. The number of carbonyl (C=O) groups is 1. The minimum Gasteiger partial charge on any atom is -0.448 e. The van der Waals surface area contributed by atoms with E-state index < -0.39 is 34.1 Å². The van der Waals surface area contributed by atoms with E-state index in [4.69, 9.17) is 20.2 Å². The van der Waals surface area contributed by atoms with Crippen molar-refractivity contribution in [3.8, 4) is 0 Å². The lowest BCUT2D eigenvalue weighted by Gasteiger charge is -2.19. The van der Waals surface area contributed by atoms with Gasteiger partial charge in [0.25, 0.3) is 10.1 Å². The van der Waals surface area contributed by atoms with Gasteiger partial charge in [-0.15, -0.1) is 0 Å². The van der Waals surface area contributed by atoms with Gasteiger partial charge in [-0.05, 0) is 0 Å². The molecule has 1 N–H and O–H groups in total. The van der Waals surface area contributed by atoms with E-state index in [2.05, 4.69) is 4.74 Å². The summed E-state index contributed by atoms with van der Waals surface area (Å²) in [5, 5.41) is 0. The molecule has 1 aromatic carbocycles. The third-order valence-corrected chi connectivity index (χ3v) is 2.91. The first-order valence-electron chi connectivity index (χ1n) is 5.27. The summed E-state index contributed by atoms with van der Waals surface area (Å²) in [6.07, 6.45) is -8.18. The SMILES string of the molecule is [B]c1cc([B])cc(C(=O)OC(CS(=O)(=O)O)C(F)(F)F)c1. The van der Waals surface area contributed by atoms with Gasteiger partial charge in [-0.3, -0.25) is 4.55 Å². The molecule has 110 valence electrons. The van der Waals surface area contributed by atoms with Gasteiger partial charge in [0, 0.05) is 0 Å². The second kappa shape index (κ2) is 6.10. The predicted molar refractivity (Wildman–Crippen MR) is 68.9 cm³/mol. The highest BCUT2D eigenvalue weighted by Crippen LogP contribution is 2.25. The van der Waals surface area contributed by atoms with Gasteiger partial charge in [-0.2, -0.15) is 21.6 Å². The lowest BCUT2D eigenvalue weighted by atomic mass is 9.85. The average Bonchev–Trinajstić information content (AvgIpc) is 2.23. The van der Waals surface area contributed by atoms with Crippen LogP contribution in [0.15, 0.2) is 18.2 Å². The second-order valence-electron chi connectivity index (χ2n) is 4.07. The summed E-state index contributed by atoms with van der Waals surface area (Å²) in [6.45, 7) is 0. The van der Waals surface area contributed by atoms with Crippen molar-refractivity contribution in [1.29, 1.82) is 0 Å². The molecule has 0 saturated carbocycles. The number of rotatable bonds is 4. The first-order valence-corrected chi connectivity index (χ1v) is 6.88. The van der Waals surface area contributed by atoms with Crippen molar-refractivity contribution in [3.63, 3.8) is 0 Å². The highest BCUT2D eigenvalue weighted by Gasteiger charge is 2.45. The van der Waals surface area contributed by atoms with Crippen LogP contribution in [0.1, 0.15) is 10.4 Å². The molecule has 0 amide bonds. The Labute approximate surface area is 121 Å². The number of ether oxygens (including phenoxy) is 1. The van der Waals surface area contributed by atoms with Crippen LogP contribution in [0.4, 0.5) is 13.2 Å². The van der Waals surface area contributed by atoms with E-state index in [1.165, 1.54) is 6.07 Å². The van der Waals surface area contributed by atoms with E-state index in [0.29, 0.717) is 0 Å². The highest BCUT2D eigenvalue weighted by atomic mass is 32.2. The molecule has 5 nitrogen and oxygen atoms in total. The molecule has 4 radical (unpaired) electrons. The molecule has 1 rings (SSSR count). The minimum absolute atomic E-state index is 0.0142. The Balaban J connectivity index is 3.00. The van der Waals surface area contributed by atoms with Crippen molar-refractivity contribution in [3.05, 3.63) is 23.8 Å². The molecule has 0 aliphatic rings. The maximum absolute atomic E-state index is 12.6. The molecular weight excluding hydrogens is 311 g/mol. The van der Waals surface area contributed by atoms with E-state index in [9.17, 15) is 26.4 Å². The topological polar surface area (TPSA) is 80.7 Å². The molecule has 1 unspecified atom stereocenters. The van der Waals surface area contributed by atoms with Gasteiger partial charge in [0.05, 0.1) is 5.56 Å². The molecule has 0 heterocycles. The fourth-order valence-corrected chi connectivity index (χ4v) is 2.02. The Kier molecular flexibility index (Phi) is 5.11. The molecule has 1 atom stereocenters. The molecule has 0 spiro atoms. The van der Waals surface area contributed by atoms with Crippen molar-refractivity contribution in [2.75, 3.05) is 5.75 Å². The molecular formula is C10H7B2F3O5S. The largest absolute Gasteiger partial charge is 0.448 e. The number of carbonyl (C=O) groups excluding carboxylic acids is 1. The third kappa shape index (κ3) is 5.80. The number of hydrogen-bond donors (Lipinski definition) is 1. The van der Waals surface area contributed by atoms with Crippen molar-refractivity contribution in [2.45, 2.75) is 12.3 Å². The average molecular weight is 318 g/mol. The highest BCUT2D eigenvalue weighted by molar-refractivity contribution is 7.85. The van der Waals surface area contributed by atoms with Gasteiger partial charge in [-0.25, -0.2) is 4.79 Å². The Morgan fingerprint density at radius 2 is 1.71 bits per heavy atom. The summed E-state index contributed by atoms with van der Waals surface area (Å²) in [4.78, 5) is 11.6. The Morgan fingerprint density at radius 3 is 2.10 bits per heavy atom. The smallest absolute Gasteiger partial charge is 0.426 e. The van der Waals surface area contributed by atoms with Crippen LogP contribution in [-0.2, 0) is 14.9 Å². The van der Waals surface area contributed by atoms with Gasteiger partial charge >= 0.3 is 12.1 Å². The molecule has 1 aromatic rings. The standard InChI is InChI=1S/C10H7B2F3O5S/c11-6-1-5(2-7(12)3-6)9(16)20-8(10(13,14)15)4-21(17,18)19/h1-3,8H,4H2,(H,17,18,19). The van der Waals surface area contributed by atoms with Crippen LogP contribution in [0.5, 0.6) is 0 Å². The van der Waals surface area contributed by atoms with E-state index >= 15 is 0 Å². The number of hydrogen-bond acceptors (Lipinski definition) is 4. The van der Waals surface area contributed by atoms with E-state index in [1.54, 1.807) is 0 Å². The maximum atomic E-state index is 12.6. The summed E-state index contributed by atoms with van der Waals surface area (Å²) in [7, 11) is 5.74. The Bertz CT molecular complexity index is 624. The van der Waals surface area contributed by atoms with E-state index in [-0.39, 0.29) is 16.5 Å². The van der Waals surface area contributed by atoms with Crippen LogP contribution in [0.3, 0.4) is 0 Å². The van der Waals surface area contributed by atoms with Crippen LogP contribution in [0.2, 0.25) is 0 Å². The van der Waals surface area contributed by atoms with Crippen LogP contribution >= 0.6 is 0 Å². The second-order valence-corrected chi connectivity index (χ2v) is 5.57. The fourth-order valence-electron chi connectivity index (χ4n) is 1.38. The van der Waals surface area contributed by atoms with Gasteiger partial charge in [0.2, 0.25) is 6.10 Å². The summed E-state index contributed by atoms with van der Waals surface area (Å²) in [5.41, 5.74) is -0.349. The monoisotopic (exact) mass is 318 g/mol. The molecule has 0 aliphatic heterocycles. The molecule has 0 fully saturated rings. The quantitative estimate of drug-likeness (QED) is 0.449. The van der Waals surface area contributed by atoms with Crippen molar-refractivity contribution in [1.82, 2.24) is 0 Å². The van der Waals surface area contributed by atoms with Crippen LogP contribution in [0, 0.1) is 0 Å². The van der Waals surface area contributed by atoms with Crippen LogP contribution in [0.25, 0.3) is 0 Å². The zero-order chi connectivity index (χ0) is 16.4. The number of esters is 1. The van der Waals surface area contributed by atoms with Gasteiger partial charge in [0.15, 0.2) is 0 Å². The van der Waals surface area contributed by atoms with Gasteiger partial charge in [-0.1, -0.05) is 29.1 Å². The van der Waals surface area contributed by atoms with Crippen molar-refractivity contribution < 1.29 is 35.7 Å². The molecule has 0 saturated heterocycles. The Morgan fingerprint density at radius 1 is 1.24 bits per heavy atom. The molecule has 0 aromatic heterocycles. The maximum Gasteiger partial charge on any atom is 0.426 e. The minimum atomic E-state index is -5.17. The first-order chi connectivity index (χ1) is 9.38. The molecule has 21 heavy (non-hydrogen) atoms. The van der Waals surface area contributed by atoms with Crippen LogP contribution < -0.4 is 10.9 Å². The lowest BCUT2D eigenvalue weighted by Crippen LogP contribution is -2.39. The lowest BCUT2D eigenvalue weighted by molar-refractivity contribution is -0.197. The summed E-state index contributed by atoms with van der Waals surface area (Å²) in [5.74, 6) is -3.28. The molecule has 11 heteroatoms. The zero-order valence-electron chi connectivity index (χ0n) is 10.3. The fraction of sp³-hybridized carbons (Fsp3) is 0.300. The molecule has 0 bridgehead atoms. The zero-order valence-corrected chi connectivity index (χ0v) is 11.1. The summed E-state index contributed by atoms with van der Waals surface area (Å²) < 4.78 is 71.4. The van der Waals surface area contributed by atoms with Gasteiger partial charge in [0.1, 0.15) is 21.4 Å². The number of halogens is 3. The predicted octanol–water partition coefficient (Wildman–Crippen LogP) is -0.750. The number of alkyl halides is 3. The molecule has 0 aliphatic carbocycles. The third-order valence-electron chi connectivity index (χ3n) is 2.19. The summed E-state index contributed by atoms with van der Waals surface area (Å²) in [6, 6.07) is 3.29. The van der Waals surface area contributed by atoms with E-state index in [1.807, 2.05) is 0 Å². The Hall–Kier alpha value is -1.48. The van der Waals surface area contributed by atoms with Crippen molar-refractivity contribution in [2.24, 2.45) is 0 Å². The summed E-state index contributed by atoms with van der Waals surface area (Å²) >= 11 is 0.